The molecule has 0 aliphatic carbocycles. The molecule has 2 rings (SSSR count). The Balaban J connectivity index is 1.88. The maximum Gasteiger partial charge on any atom is 0.322 e. The van der Waals surface area contributed by atoms with E-state index in [2.05, 4.69) is 22.3 Å². The molecule has 0 radical (unpaired) electrons. The summed E-state index contributed by atoms with van der Waals surface area (Å²) in [5.74, 6) is 0.146. The number of hydroxylamine groups is 1. The molecule has 10 nitrogen and oxygen atoms in total. The van der Waals surface area contributed by atoms with Gasteiger partial charge in [0.2, 0.25) is 0 Å². The number of hydrogen-bond donors (Lipinski definition) is 3. The number of hydrogen-bond acceptors (Lipinski definition) is 5. The SMILES string of the molecule is CCCCN(Cc1ccc(C(=O)NO)cc1)C(=O)Nc1ccc(OCCCCCN=[N+]=[N-])cc1. The molecule has 0 atom stereocenters. The van der Waals surface area contributed by atoms with E-state index in [-0.39, 0.29) is 6.03 Å². The Bertz CT molecular complexity index is 943. The van der Waals surface area contributed by atoms with Crippen LogP contribution >= 0.6 is 0 Å². The van der Waals surface area contributed by atoms with E-state index < -0.39 is 5.91 Å². The maximum atomic E-state index is 12.9. The fraction of sp³-hybridized carbons (Fsp3) is 0.417. The highest BCUT2D eigenvalue weighted by Crippen LogP contribution is 2.18. The summed E-state index contributed by atoms with van der Waals surface area (Å²) in [6, 6.07) is 13.8. The number of ether oxygens (including phenoxy) is 1. The summed E-state index contributed by atoms with van der Waals surface area (Å²) in [6.45, 7) is 4.14. The van der Waals surface area contributed by atoms with Gasteiger partial charge >= 0.3 is 6.03 Å². The zero-order chi connectivity index (χ0) is 24.6. The van der Waals surface area contributed by atoms with E-state index in [0.29, 0.717) is 37.5 Å². The fourth-order valence-electron chi connectivity index (χ4n) is 3.18. The molecule has 0 bridgehead atoms. The van der Waals surface area contributed by atoms with Gasteiger partial charge in [-0.05, 0) is 73.2 Å². The van der Waals surface area contributed by atoms with Crippen molar-refractivity contribution in [1.82, 2.24) is 10.4 Å². The number of nitrogens with one attached hydrogen (secondary N) is 2. The molecule has 10 heteroatoms. The van der Waals surface area contributed by atoms with E-state index in [0.717, 1.165) is 43.4 Å². The summed E-state index contributed by atoms with van der Waals surface area (Å²) in [5, 5.41) is 15.2. The van der Waals surface area contributed by atoms with Crippen LogP contribution in [0.5, 0.6) is 5.75 Å². The molecule has 34 heavy (non-hydrogen) atoms. The Hall–Kier alpha value is -3.75. The second kappa shape index (κ2) is 15.2. The molecule has 3 amide bonds. The number of anilines is 1. The molecule has 2 aromatic rings. The van der Waals surface area contributed by atoms with E-state index in [1.165, 1.54) is 0 Å². The van der Waals surface area contributed by atoms with E-state index in [4.69, 9.17) is 15.5 Å². The van der Waals surface area contributed by atoms with Gasteiger partial charge in [-0.2, -0.15) is 0 Å². The van der Waals surface area contributed by atoms with Crippen molar-refractivity contribution < 1.29 is 19.5 Å². The summed E-state index contributed by atoms with van der Waals surface area (Å²) in [4.78, 5) is 28.8. The number of unbranched alkanes of at least 4 members (excludes halogenated alkanes) is 3. The molecule has 2 aromatic carbocycles. The Morgan fingerprint density at radius 1 is 1.06 bits per heavy atom. The van der Waals surface area contributed by atoms with Gasteiger partial charge in [0.25, 0.3) is 5.91 Å². The first-order valence-corrected chi connectivity index (χ1v) is 11.4. The molecule has 0 spiro atoms. The predicted molar refractivity (Wildman–Crippen MR) is 130 cm³/mol. The number of amides is 3. The average Bonchev–Trinajstić information content (AvgIpc) is 2.86. The van der Waals surface area contributed by atoms with Gasteiger partial charge < -0.3 is 15.0 Å². The lowest BCUT2D eigenvalue weighted by molar-refractivity contribution is 0.0706. The van der Waals surface area contributed by atoms with Crippen molar-refractivity contribution >= 4 is 17.6 Å². The summed E-state index contributed by atoms with van der Waals surface area (Å²) < 4.78 is 5.72. The molecule has 0 saturated carbocycles. The van der Waals surface area contributed by atoms with Gasteiger partial charge in [-0.25, -0.2) is 10.3 Å². The molecule has 0 aliphatic rings. The van der Waals surface area contributed by atoms with Crippen LogP contribution < -0.4 is 15.5 Å². The van der Waals surface area contributed by atoms with Crippen molar-refractivity contribution in [2.24, 2.45) is 5.11 Å². The van der Waals surface area contributed by atoms with Gasteiger partial charge in [0.15, 0.2) is 0 Å². The molecule has 3 N–H and O–H groups in total. The predicted octanol–water partition coefficient (Wildman–Crippen LogP) is 5.50. The van der Waals surface area contributed by atoms with Gasteiger partial charge in [0.1, 0.15) is 5.75 Å². The summed E-state index contributed by atoms with van der Waals surface area (Å²) in [7, 11) is 0. The minimum absolute atomic E-state index is 0.209. The molecule has 0 aliphatic heterocycles. The van der Waals surface area contributed by atoms with Gasteiger partial charge in [-0.15, -0.1) is 0 Å². The average molecular weight is 469 g/mol. The fourth-order valence-corrected chi connectivity index (χ4v) is 3.18. The highest BCUT2D eigenvalue weighted by Gasteiger charge is 2.14. The quantitative estimate of drug-likeness (QED) is 0.0841. The zero-order valence-corrected chi connectivity index (χ0v) is 19.4. The zero-order valence-electron chi connectivity index (χ0n) is 19.4. The summed E-state index contributed by atoms with van der Waals surface area (Å²) in [5.41, 5.74) is 11.7. The third-order valence-corrected chi connectivity index (χ3v) is 5.10. The lowest BCUT2D eigenvalue weighted by Gasteiger charge is -2.23. The first kappa shape index (κ1) is 26.5. The van der Waals surface area contributed by atoms with Crippen molar-refractivity contribution in [3.05, 3.63) is 70.1 Å². The summed E-state index contributed by atoms with van der Waals surface area (Å²) in [6.07, 6.45) is 4.47. The van der Waals surface area contributed by atoms with Gasteiger partial charge in [0, 0.05) is 35.8 Å². The smallest absolute Gasteiger partial charge is 0.322 e. The molecule has 0 saturated heterocycles. The third-order valence-electron chi connectivity index (χ3n) is 5.10. The Morgan fingerprint density at radius 2 is 1.79 bits per heavy atom. The molecule has 0 heterocycles. The van der Waals surface area contributed by atoms with Crippen molar-refractivity contribution in [1.29, 1.82) is 0 Å². The Labute approximate surface area is 199 Å². The number of carbonyl (C=O) groups is 2. The Morgan fingerprint density at radius 3 is 2.44 bits per heavy atom. The van der Waals surface area contributed by atoms with Crippen molar-refractivity contribution in [2.75, 3.05) is 25.0 Å². The van der Waals surface area contributed by atoms with Gasteiger partial charge in [-0.3, -0.25) is 10.0 Å². The highest BCUT2D eigenvalue weighted by atomic mass is 16.5. The third kappa shape index (κ3) is 9.40. The molecule has 0 unspecified atom stereocenters. The van der Waals surface area contributed by atoms with Crippen LogP contribution in [0, 0.1) is 0 Å². The molecule has 0 fully saturated rings. The molecule has 0 aromatic heterocycles. The number of urea groups is 1. The normalized spacial score (nSPS) is 10.2. The van der Waals surface area contributed by atoms with Crippen LogP contribution in [0.4, 0.5) is 10.5 Å². The Kier molecular flexibility index (Phi) is 11.8. The standard InChI is InChI=1S/C24H32N6O4/c1-2-3-16-30(18-19-7-9-20(10-8-19)23(31)28-33)24(32)27-21-11-13-22(14-12-21)34-17-6-4-5-15-26-29-25/h7-14,33H,2-6,15-18H2,1H3,(H,27,32)(H,28,31). The second-order valence-corrected chi connectivity index (χ2v) is 7.73. The number of carbonyl (C=O) groups excluding carboxylic acids is 2. The van der Waals surface area contributed by atoms with Crippen LogP contribution in [0.1, 0.15) is 54.9 Å². The first-order chi connectivity index (χ1) is 16.6. The van der Waals surface area contributed by atoms with Crippen LogP contribution in [-0.4, -0.2) is 41.7 Å². The minimum Gasteiger partial charge on any atom is -0.494 e. The molecular weight excluding hydrogens is 436 g/mol. The van der Waals surface area contributed by atoms with E-state index in [9.17, 15) is 9.59 Å². The summed E-state index contributed by atoms with van der Waals surface area (Å²) >= 11 is 0. The highest BCUT2D eigenvalue weighted by molar-refractivity contribution is 5.93. The number of benzene rings is 2. The monoisotopic (exact) mass is 468 g/mol. The van der Waals surface area contributed by atoms with Crippen molar-refractivity contribution in [3.8, 4) is 5.75 Å². The molecular formula is C24H32N6O4. The lowest BCUT2D eigenvalue weighted by Crippen LogP contribution is -2.35. The van der Waals surface area contributed by atoms with Gasteiger partial charge in [-0.1, -0.05) is 30.6 Å². The van der Waals surface area contributed by atoms with Crippen molar-refractivity contribution in [2.45, 2.75) is 45.6 Å². The minimum atomic E-state index is -0.579. The van der Waals surface area contributed by atoms with Crippen LogP contribution in [0.25, 0.3) is 10.4 Å². The first-order valence-electron chi connectivity index (χ1n) is 11.4. The number of rotatable bonds is 14. The second-order valence-electron chi connectivity index (χ2n) is 7.73. The van der Waals surface area contributed by atoms with Crippen LogP contribution in [0.3, 0.4) is 0 Å². The van der Waals surface area contributed by atoms with E-state index >= 15 is 0 Å². The maximum absolute atomic E-state index is 12.9. The topological polar surface area (TPSA) is 140 Å². The largest absolute Gasteiger partial charge is 0.494 e. The van der Waals surface area contributed by atoms with Crippen LogP contribution in [0.2, 0.25) is 0 Å². The molecule has 182 valence electrons. The number of nitrogens with zero attached hydrogens (tertiary/aromatic N) is 4. The van der Waals surface area contributed by atoms with E-state index in [1.807, 2.05) is 12.1 Å². The lowest BCUT2D eigenvalue weighted by atomic mass is 10.1. The van der Waals surface area contributed by atoms with Crippen LogP contribution in [-0.2, 0) is 6.54 Å². The van der Waals surface area contributed by atoms with Gasteiger partial charge in [0.05, 0.1) is 6.61 Å². The van der Waals surface area contributed by atoms with Crippen LogP contribution in [0.15, 0.2) is 53.6 Å². The van der Waals surface area contributed by atoms with E-state index in [1.54, 1.807) is 46.8 Å². The number of azide groups is 1. The van der Waals surface area contributed by atoms with Crippen molar-refractivity contribution in [3.63, 3.8) is 0 Å².